The minimum absolute atomic E-state index is 0.477. The van der Waals surface area contributed by atoms with Gasteiger partial charge in [-0.15, -0.1) is 0 Å². The van der Waals surface area contributed by atoms with Crippen LogP contribution in [0.4, 0.5) is 0 Å². The number of hydrogen-bond donors (Lipinski definition) is 1. The van der Waals surface area contributed by atoms with Crippen LogP contribution in [-0.2, 0) is 6.54 Å². The fourth-order valence-electron chi connectivity index (χ4n) is 2.08. The molecular formula is C17H19Cl2N. The zero-order chi connectivity index (χ0) is 14.7. The van der Waals surface area contributed by atoms with Crippen LogP contribution in [0.3, 0.4) is 0 Å². The molecule has 0 heterocycles. The van der Waals surface area contributed by atoms with Gasteiger partial charge in [0.15, 0.2) is 0 Å². The van der Waals surface area contributed by atoms with E-state index in [1.165, 1.54) is 16.7 Å². The van der Waals surface area contributed by atoms with Gasteiger partial charge in [0.05, 0.1) is 10.0 Å². The lowest BCUT2D eigenvalue weighted by Gasteiger charge is -2.12. The highest BCUT2D eigenvalue weighted by molar-refractivity contribution is 6.42. The van der Waals surface area contributed by atoms with Crippen molar-refractivity contribution in [2.45, 2.75) is 33.4 Å². The van der Waals surface area contributed by atoms with E-state index in [4.69, 9.17) is 23.2 Å². The number of halogens is 2. The predicted molar refractivity (Wildman–Crippen MR) is 88.6 cm³/mol. The normalized spacial score (nSPS) is 11.1. The minimum atomic E-state index is 0.477. The fraction of sp³-hybridized carbons (Fsp3) is 0.294. The van der Waals surface area contributed by atoms with E-state index in [0.29, 0.717) is 16.1 Å². The lowest BCUT2D eigenvalue weighted by molar-refractivity contribution is 0.589. The highest BCUT2D eigenvalue weighted by Gasteiger charge is 2.06. The zero-order valence-corrected chi connectivity index (χ0v) is 13.5. The van der Waals surface area contributed by atoms with Gasteiger partial charge < -0.3 is 5.32 Å². The molecule has 2 rings (SSSR count). The van der Waals surface area contributed by atoms with E-state index in [-0.39, 0.29) is 0 Å². The predicted octanol–water partition coefficient (Wildman–Crippen LogP) is 5.47. The summed E-state index contributed by atoms with van der Waals surface area (Å²) >= 11 is 12.1. The molecule has 2 aromatic carbocycles. The Bertz CT molecular complexity index is 606. The molecule has 2 aromatic rings. The first-order chi connectivity index (χ1) is 9.47. The van der Waals surface area contributed by atoms with Gasteiger partial charge in [0.2, 0.25) is 0 Å². The first-order valence-corrected chi connectivity index (χ1v) is 7.51. The third kappa shape index (κ3) is 3.76. The summed E-state index contributed by atoms with van der Waals surface area (Å²) in [7, 11) is 0. The van der Waals surface area contributed by atoms with Crippen molar-refractivity contribution in [2.75, 3.05) is 0 Å². The highest BCUT2D eigenvalue weighted by atomic mass is 35.5. The summed E-state index contributed by atoms with van der Waals surface area (Å²) in [5.41, 5.74) is 4.80. The molecule has 0 aliphatic rings. The largest absolute Gasteiger partial charge is 0.310 e. The Morgan fingerprint density at radius 2 is 1.75 bits per heavy atom. The molecule has 0 fully saturated rings. The Morgan fingerprint density at radius 1 is 1.00 bits per heavy atom. The number of rotatable bonds is 4. The van der Waals surface area contributed by atoms with Gasteiger partial charge in [0, 0.05) is 12.6 Å². The summed E-state index contributed by atoms with van der Waals surface area (Å²) in [6.07, 6.45) is 0. The Balaban J connectivity index is 2.34. The standard InChI is InChI=1S/C17H19Cl2N/c1-11(2)20-10-13-5-4-12(3)15(8-13)14-6-7-16(18)17(19)9-14/h4-9,11,20H,10H2,1-3H3. The SMILES string of the molecule is Cc1ccc(CNC(C)C)cc1-c1ccc(Cl)c(Cl)c1. The van der Waals surface area contributed by atoms with Gasteiger partial charge in [0.25, 0.3) is 0 Å². The minimum Gasteiger partial charge on any atom is -0.310 e. The fourth-order valence-corrected chi connectivity index (χ4v) is 2.37. The van der Waals surface area contributed by atoms with Gasteiger partial charge in [-0.05, 0) is 47.4 Å². The molecule has 1 N–H and O–H groups in total. The van der Waals surface area contributed by atoms with Crippen molar-refractivity contribution >= 4 is 23.2 Å². The van der Waals surface area contributed by atoms with Crippen LogP contribution in [0.5, 0.6) is 0 Å². The third-order valence-corrected chi connectivity index (χ3v) is 3.99. The summed E-state index contributed by atoms with van der Waals surface area (Å²) in [4.78, 5) is 0. The summed E-state index contributed by atoms with van der Waals surface area (Å²) in [5, 5.41) is 4.61. The molecule has 0 atom stereocenters. The Hall–Kier alpha value is -1.02. The Labute approximate surface area is 130 Å². The molecule has 0 radical (unpaired) electrons. The van der Waals surface area contributed by atoms with Crippen LogP contribution in [0.1, 0.15) is 25.0 Å². The average molecular weight is 308 g/mol. The summed E-state index contributed by atoms with van der Waals surface area (Å²) in [5.74, 6) is 0. The monoisotopic (exact) mass is 307 g/mol. The number of hydrogen-bond acceptors (Lipinski definition) is 1. The topological polar surface area (TPSA) is 12.0 Å². The van der Waals surface area contributed by atoms with Crippen molar-refractivity contribution in [2.24, 2.45) is 0 Å². The van der Waals surface area contributed by atoms with Crippen LogP contribution >= 0.6 is 23.2 Å². The molecule has 0 saturated carbocycles. The molecule has 0 aromatic heterocycles. The molecule has 0 saturated heterocycles. The van der Waals surface area contributed by atoms with E-state index in [9.17, 15) is 0 Å². The second-order valence-electron chi connectivity index (χ2n) is 5.31. The first kappa shape index (κ1) is 15.4. The van der Waals surface area contributed by atoms with E-state index < -0.39 is 0 Å². The summed E-state index contributed by atoms with van der Waals surface area (Å²) in [6.45, 7) is 7.27. The maximum atomic E-state index is 6.11. The maximum absolute atomic E-state index is 6.11. The molecule has 3 heteroatoms. The van der Waals surface area contributed by atoms with Crippen molar-refractivity contribution in [1.82, 2.24) is 5.32 Å². The van der Waals surface area contributed by atoms with Gasteiger partial charge >= 0.3 is 0 Å². The van der Waals surface area contributed by atoms with Crippen LogP contribution in [0, 0.1) is 6.92 Å². The van der Waals surface area contributed by atoms with E-state index in [1.807, 2.05) is 18.2 Å². The number of benzene rings is 2. The average Bonchev–Trinajstić information content (AvgIpc) is 2.41. The van der Waals surface area contributed by atoms with Gasteiger partial charge in [-0.2, -0.15) is 0 Å². The van der Waals surface area contributed by atoms with Gasteiger partial charge in [0.1, 0.15) is 0 Å². The third-order valence-electron chi connectivity index (χ3n) is 3.25. The van der Waals surface area contributed by atoms with Gasteiger partial charge in [-0.25, -0.2) is 0 Å². The van der Waals surface area contributed by atoms with Crippen molar-refractivity contribution in [3.05, 3.63) is 57.6 Å². The van der Waals surface area contributed by atoms with Gasteiger partial charge in [-0.3, -0.25) is 0 Å². The number of nitrogens with one attached hydrogen (secondary N) is 1. The van der Waals surface area contributed by atoms with Crippen LogP contribution in [-0.4, -0.2) is 6.04 Å². The summed E-state index contributed by atoms with van der Waals surface area (Å²) < 4.78 is 0. The second-order valence-corrected chi connectivity index (χ2v) is 6.13. The van der Waals surface area contributed by atoms with Crippen LogP contribution < -0.4 is 5.32 Å². The first-order valence-electron chi connectivity index (χ1n) is 6.75. The molecule has 1 nitrogen and oxygen atoms in total. The highest BCUT2D eigenvalue weighted by Crippen LogP contribution is 2.30. The molecule has 0 amide bonds. The molecule has 0 spiro atoms. The van der Waals surface area contributed by atoms with Crippen molar-refractivity contribution < 1.29 is 0 Å². The lowest BCUT2D eigenvalue weighted by Crippen LogP contribution is -2.21. The number of aryl methyl sites for hydroxylation is 1. The quantitative estimate of drug-likeness (QED) is 0.790. The Kier molecular flexibility index (Phi) is 5.09. The van der Waals surface area contributed by atoms with Gasteiger partial charge in [-0.1, -0.05) is 55.2 Å². The van der Waals surface area contributed by atoms with E-state index >= 15 is 0 Å². The van der Waals surface area contributed by atoms with Crippen LogP contribution in [0.25, 0.3) is 11.1 Å². The molecule has 20 heavy (non-hydrogen) atoms. The second kappa shape index (κ2) is 6.62. The lowest BCUT2D eigenvalue weighted by atomic mass is 9.98. The Morgan fingerprint density at radius 3 is 2.40 bits per heavy atom. The molecule has 0 bridgehead atoms. The van der Waals surface area contributed by atoms with Crippen LogP contribution in [0.2, 0.25) is 10.0 Å². The zero-order valence-electron chi connectivity index (χ0n) is 12.0. The van der Waals surface area contributed by atoms with Crippen molar-refractivity contribution in [3.63, 3.8) is 0 Å². The molecule has 0 unspecified atom stereocenters. The molecule has 0 aliphatic heterocycles. The molecule has 106 valence electrons. The smallest absolute Gasteiger partial charge is 0.0598 e. The van der Waals surface area contributed by atoms with E-state index in [0.717, 1.165) is 12.1 Å². The molecule has 0 aliphatic carbocycles. The van der Waals surface area contributed by atoms with Crippen molar-refractivity contribution in [3.8, 4) is 11.1 Å². The maximum Gasteiger partial charge on any atom is 0.0598 e. The summed E-state index contributed by atoms with van der Waals surface area (Å²) in [6, 6.07) is 12.8. The van der Waals surface area contributed by atoms with Crippen molar-refractivity contribution in [1.29, 1.82) is 0 Å². The van der Waals surface area contributed by atoms with E-state index in [2.05, 4.69) is 44.3 Å². The molecular weight excluding hydrogens is 289 g/mol. The van der Waals surface area contributed by atoms with E-state index in [1.54, 1.807) is 0 Å². The van der Waals surface area contributed by atoms with Crippen LogP contribution in [0.15, 0.2) is 36.4 Å².